The molecule has 1 aromatic heterocycles. The number of hydrogen-bond acceptors (Lipinski definition) is 5. The topological polar surface area (TPSA) is 75.2 Å². The maximum atomic E-state index is 12.6. The van der Waals surface area contributed by atoms with E-state index < -0.39 is 0 Å². The van der Waals surface area contributed by atoms with E-state index in [1.165, 1.54) is 10.4 Å². The van der Waals surface area contributed by atoms with Crippen LogP contribution >= 0.6 is 35.3 Å². The molecule has 0 spiro atoms. The number of nitrogens with one attached hydrogen (secondary N) is 2. The number of benzene rings is 1. The zero-order valence-electron chi connectivity index (χ0n) is 17.6. The molecule has 1 aromatic carbocycles. The molecule has 0 unspecified atom stereocenters. The van der Waals surface area contributed by atoms with Crippen molar-refractivity contribution >= 4 is 47.2 Å². The van der Waals surface area contributed by atoms with Crippen molar-refractivity contribution in [3.05, 3.63) is 45.6 Å². The number of hydrogen-bond donors (Lipinski definition) is 2. The van der Waals surface area contributed by atoms with E-state index in [4.69, 9.17) is 9.47 Å². The quantitative estimate of drug-likeness (QED) is 0.319. The maximum Gasteiger partial charge on any atom is 0.242 e. The Bertz CT molecular complexity index is 872. The zero-order valence-corrected chi connectivity index (χ0v) is 20.7. The fourth-order valence-electron chi connectivity index (χ4n) is 3.22. The van der Waals surface area contributed by atoms with Crippen LogP contribution in [0.3, 0.4) is 0 Å². The number of guanidine groups is 1. The number of carbonyl (C=O) groups excluding carboxylic acids is 1. The number of amides is 1. The molecule has 2 heterocycles. The fraction of sp³-hybridized carbons (Fsp3) is 0.429. The minimum Gasteiger partial charge on any atom is -0.493 e. The molecule has 0 bridgehead atoms. The lowest BCUT2D eigenvalue weighted by Crippen LogP contribution is -2.45. The van der Waals surface area contributed by atoms with E-state index in [-0.39, 0.29) is 36.4 Å². The van der Waals surface area contributed by atoms with E-state index in [2.05, 4.69) is 27.1 Å². The van der Waals surface area contributed by atoms with Crippen LogP contribution in [0.4, 0.5) is 0 Å². The molecule has 2 N–H and O–H groups in total. The van der Waals surface area contributed by atoms with Gasteiger partial charge in [0.25, 0.3) is 0 Å². The Kier molecular flexibility index (Phi) is 9.70. The van der Waals surface area contributed by atoms with Crippen molar-refractivity contribution in [3.63, 3.8) is 0 Å². The van der Waals surface area contributed by atoms with E-state index in [9.17, 15) is 4.79 Å². The summed E-state index contributed by atoms with van der Waals surface area (Å²) in [6.45, 7) is 4.86. The van der Waals surface area contributed by atoms with Crippen LogP contribution in [0.2, 0.25) is 0 Å². The molecular weight excluding hydrogens is 515 g/mol. The van der Waals surface area contributed by atoms with Crippen molar-refractivity contribution in [1.29, 1.82) is 0 Å². The molecule has 7 nitrogen and oxygen atoms in total. The van der Waals surface area contributed by atoms with Crippen LogP contribution in [0.25, 0.3) is 0 Å². The summed E-state index contributed by atoms with van der Waals surface area (Å²) >= 11 is 1.77. The number of nitrogens with zero attached hydrogens (tertiary/aromatic N) is 2. The molecule has 1 aliphatic heterocycles. The highest BCUT2D eigenvalue weighted by Gasteiger charge is 2.21. The smallest absolute Gasteiger partial charge is 0.242 e. The van der Waals surface area contributed by atoms with Crippen molar-refractivity contribution in [2.75, 3.05) is 33.9 Å². The predicted octanol–water partition coefficient (Wildman–Crippen LogP) is 3.02. The minimum atomic E-state index is 0. The molecule has 9 heteroatoms. The number of rotatable bonds is 7. The van der Waals surface area contributed by atoms with Gasteiger partial charge >= 0.3 is 0 Å². The normalized spacial score (nSPS) is 13.2. The van der Waals surface area contributed by atoms with Gasteiger partial charge in [-0.05, 0) is 48.1 Å². The van der Waals surface area contributed by atoms with Gasteiger partial charge in [-0.15, -0.1) is 35.3 Å². The van der Waals surface area contributed by atoms with Crippen LogP contribution in [0.5, 0.6) is 11.5 Å². The summed E-state index contributed by atoms with van der Waals surface area (Å²) in [5, 5.41) is 8.44. The first-order valence-electron chi connectivity index (χ1n) is 9.70. The Hall–Kier alpha value is -2.01. The van der Waals surface area contributed by atoms with Crippen LogP contribution in [0.1, 0.15) is 22.9 Å². The monoisotopic (exact) mass is 544 g/mol. The summed E-state index contributed by atoms with van der Waals surface area (Å²) in [5.74, 6) is 2.06. The maximum absolute atomic E-state index is 12.6. The molecule has 0 saturated carbocycles. The van der Waals surface area contributed by atoms with Gasteiger partial charge in [-0.1, -0.05) is 6.07 Å². The van der Waals surface area contributed by atoms with E-state index in [0.29, 0.717) is 37.1 Å². The van der Waals surface area contributed by atoms with Crippen molar-refractivity contribution in [2.45, 2.75) is 26.4 Å². The van der Waals surface area contributed by atoms with Crippen LogP contribution in [-0.2, 0) is 24.3 Å². The van der Waals surface area contributed by atoms with Gasteiger partial charge in [-0.25, -0.2) is 4.99 Å². The second kappa shape index (κ2) is 12.0. The Morgan fingerprint density at radius 3 is 2.73 bits per heavy atom. The molecule has 0 atom stereocenters. The summed E-state index contributed by atoms with van der Waals surface area (Å²) < 4.78 is 10.6. The van der Waals surface area contributed by atoms with Gasteiger partial charge < -0.3 is 25.0 Å². The van der Waals surface area contributed by atoms with Crippen LogP contribution in [-0.4, -0.2) is 50.6 Å². The third kappa shape index (κ3) is 6.24. The molecule has 0 fully saturated rings. The van der Waals surface area contributed by atoms with E-state index in [1.807, 2.05) is 30.0 Å². The number of thiophene rings is 1. The molecular formula is C21H29IN4O3S. The molecule has 30 heavy (non-hydrogen) atoms. The number of ether oxygens (including phenoxy) is 2. The first kappa shape index (κ1) is 24.3. The number of methoxy groups -OCH3 is 2. The van der Waals surface area contributed by atoms with Crippen molar-refractivity contribution in [1.82, 2.24) is 15.5 Å². The Labute approximate surface area is 198 Å². The molecule has 1 aliphatic rings. The van der Waals surface area contributed by atoms with E-state index in [0.717, 1.165) is 18.5 Å². The lowest BCUT2D eigenvalue weighted by molar-refractivity contribution is -0.130. The van der Waals surface area contributed by atoms with Gasteiger partial charge in [0.15, 0.2) is 17.5 Å². The summed E-state index contributed by atoms with van der Waals surface area (Å²) in [5.41, 5.74) is 2.26. The summed E-state index contributed by atoms with van der Waals surface area (Å²) in [4.78, 5) is 20.5. The van der Waals surface area contributed by atoms with E-state index >= 15 is 0 Å². The average molecular weight is 544 g/mol. The third-order valence-corrected chi connectivity index (χ3v) is 5.80. The second-order valence-corrected chi connectivity index (χ2v) is 7.67. The van der Waals surface area contributed by atoms with Gasteiger partial charge in [0, 0.05) is 24.5 Å². The highest BCUT2D eigenvalue weighted by molar-refractivity contribution is 14.0. The molecule has 3 rings (SSSR count). The summed E-state index contributed by atoms with van der Waals surface area (Å²) in [6, 6.07) is 7.83. The summed E-state index contributed by atoms with van der Waals surface area (Å²) in [7, 11) is 3.23. The SMILES string of the molecule is CCNC(=NCc1ccc(OC)c(OC)c1)NCC(=O)N1CCc2sccc2C1.I. The third-order valence-electron chi connectivity index (χ3n) is 4.78. The molecule has 164 valence electrons. The van der Waals surface area contributed by atoms with Crippen molar-refractivity contribution < 1.29 is 14.3 Å². The molecule has 0 aliphatic carbocycles. The molecule has 0 radical (unpaired) electrons. The molecule has 2 aromatic rings. The van der Waals surface area contributed by atoms with Gasteiger partial charge in [-0.2, -0.15) is 0 Å². The highest BCUT2D eigenvalue weighted by Crippen LogP contribution is 2.27. The van der Waals surface area contributed by atoms with Crippen molar-refractivity contribution in [2.24, 2.45) is 4.99 Å². The van der Waals surface area contributed by atoms with E-state index in [1.54, 1.807) is 25.6 Å². The number of carbonyl (C=O) groups is 1. The largest absolute Gasteiger partial charge is 0.493 e. The summed E-state index contributed by atoms with van der Waals surface area (Å²) in [6.07, 6.45) is 0.937. The Morgan fingerprint density at radius 1 is 1.20 bits per heavy atom. The Morgan fingerprint density at radius 2 is 2.00 bits per heavy atom. The average Bonchev–Trinajstić information content (AvgIpc) is 3.23. The van der Waals surface area contributed by atoms with Gasteiger partial charge in [-0.3, -0.25) is 4.79 Å². The first-order chi connectivity index (χ1) is 14.1. The number of fused-ring (bicyclic) bond motifs is 1. The van der Waals surface area contributed by atoms with Gasteiger partial charge in [0.1, 0.15) is 0 Å². The van der Waals surface area contributed by atoms with Gasteiger partial charge in [0.2, 0.25) is 5.91 Å². The lowest BCUT2D eigenvalue weighted by Gasteiger charge is -2.27. The fourth-order valence-corrected chi connectivity index (χ4v) is 4.11. The Balaban J connectivity index is 0.00000320. The minimum absolute atomic E-state index is 0. The number of aliphatic imine (C=N–C) groups is 1. The zero-order chi connectivity index (χ0) is 20.6. The predicted molar refractivity (Wildman–Crippen MR) is 131 cm³/mol. The molecule has 1 amide bonds. The standard InChI is InChI=1S/C21H28N4O3S.HI/c1-4-22-21(23-12-15-5-6-17(27-2)18(11-15)28-3)24-13-20(26)25-9-7-19-16(14-25)8-10-29-19;/h5-6,8,10-11H,4,7,9,12-14H2,1-3H3,(H2,22,23,24);1H. The highest BCUT2D eigenvalue weighted by atomic mass is 127. The first-order valence-corrected chi connectivity index (χ1v) is 10.6. The van der Waals surface area contributed by atoms with Crippen LogP contribution in [0.15, 0.2) is 34.6 Å². The lowest BCUT2D eigenvalue weighted by atomic mass is 10.1. The number of halogens is 1. The van der Waals surface area contributed by atoms with Crippen molar-refractivity contribution in [3.8, 4) is 11.5 Å². The van der Waals surface area contributed by atoms with Gasteiger partial charge in [0.05, 0.1) is 27.3 Å². The molecule has 0 saturated heterocycles. The van der Waals surface area contributed by atoms with Crippen LogP contribution in [0, 0.1) is 0 Å². The van der Waals surface area contributed by atoms with Crippen LogP contribution < -0.4 is 20.1 Å². The second-order valence-electron chi connectivity index (χ2n) is 6.67.